The number of halogens is 5. The lowest BCUT2D eigenvalue weighted by Crippen LogP contribution is -2.41. The van der Waals surface area contributed by atoms with E-state index < -0.39 is 29.9 Å². The third-order valence-electron chi connectivity index (χ3n) is 2.82. The van der Waals surface area contributed by atoms with Gasteiger partial charge < -0.3 is 9.47 Å². The normalized spacial score (nSPS) is 17.6. The molecule has 1 aromatic carbocycles. The van der Waals surface area contributed by atoms with Gasteiger partial charge >= 0.3 is 12.1 Å². The number of aryl methyl sites for hydroxylation is 1. The van der Waals surface area contributed by atoms with E-state index in [1.54, 1.807) is 19.1 Å². The van der Waals surface area contributed by atoms with E-state index in [4.69, 9.17) is 16.3 Å². The summed E-state index contributed by atoms with van der Waals surface area (Å²) in [5.41, 5.74) is 0.256. The molecule has 0 unspecified atom stereocenters. The van der Waals surface area contributed by atoms with Crippen molar-refractivity contribution in [1.82, 2.24) is 0 Å². The fraction of sp³-hybridized carbons (Fsp3) is 0.308. The number of alkyl halides is 4. The van der Waals surface area contributed by atoms with Gasteiger partial charge in [0.15, 0.2) is 6.07 Å². The van der Waals surface area contributed by atoms with Crippen LogP contribution in [0, 0.1) is 6.92 Å². The molecule has 1 aromatic rings. The minimum absolute atomic E-state index is 0.0861. The van der Waals surface area contributed by atoms with Crippen LogP contribution in [0.1, 0.15) is 11.1 Å². The van der Waals surface area contributed by atoms with Gasteiger partial charge in [-0.25, -0.2) is 4.79 Å². The van der Waals surface area contributed by atoms with E-state index >= 15 is 0 Å². The van der Waals surface area contributed by atoms with Crippen LogP contribution in [0.4, 0.5) is 13.2 Å². The van der Waals surface area contributed by atoms with Crippen molar-refractivity contribution in [3.63, 3.8) is 0 Å². The molecule has 1 atom stereocenters. The summed E-state index contributed by atoms with van der Waals surface area (Å²) in [6.07, 6.45) is -6.00. The molecule has 2 rings (SSSR count). The number of rotatable bonds is 2. The van der Waals surface area contributed by atoms with Gasteiger partial charge in [-0.1, -0.05) is 27.5 Å². The molecule has 0 aliphatic carbocycles. The molecule has 0 saturated carbocycles. The predicted octanol–water partition coefficient (Wildman–Crippen LogP) is 4.20. The highest BCUT2D eigenvalue weighted by Gasteiger charge is 2.49. The second-order valence-corrected chi connectivity index (χ2v) is 5.46. The van der Waals surface area contributed by atoms with Crippen LogP contribution < -0.4 is 4.74 Å². The molecular formula is C13H9BrClF3O3. The number of hydrogen-bond acceptors (Lipinski definition) is 3. The molecule has 0 spiro atoms. The van der Waals surface area contributed by atoms with E-state index in [1.165, 1.54) is 0 Å². The molecule has 8 heteroatoms. The second kappa shape index (κ2) is 5.88. The Bertz CT molecular complexity index is 613. The summed E-state index contributed by atoms with van der Waals surface area (Å²) >= 11 is 8.47. The molecule has 0 radical (unpaired) electrons. The molecule has 0 amide bonds. The van der Waals surface area contributed by atoms with Crippen molar-refractivity contribution in [3.05, 3.63) is 33.3 Å². The van der Waals surface area contributed by atoms with Crippen LogP contribution in [0.15, 0.2) is 22.2 Å². The van der Waals surface area contributed by atoms with Crippen LogP contribution in [-0.4, -0.2) is 24.3 Å². The summed E-state index contributed by atoms with van der Waals surface area (Å²) in [7, 11) is 0. The summed E-state index contributed by atoms with van der Waals surface area (Å²) < 4.78 is 49.4. The van der Waals surface area contributed by atoms with Gasteiger partial charge in [0.25, 0.3) is 0 Å². The summed E-state index contributed by atoms with van der Waals surface area (Å²) in [6, 6.07) is 2.65. The maximum absolute atomic E-state index is 13.1. The fourth-order valence-electron chi connectivity index (χ4n) is 1.99. The first-order valence-electron chi connectivity index (χ1n) is 5.72. The van der Waals surface area contributed by atoms with Crippen LogP contribution in [0.5, 0.6) is 5.75 Å². The van der Waals surface area contributed by atoms with E-state index in [9.17, 15) is 18.0 Å². The van der Waals surface area contributed by atoms with Crippen LogP contribution in [0.3, 0.4) is 0 Å². The van der Waals surface area contributed by atoms with E-state index in [1.807, 2.05) is 0 Å². The molecular weight excluding hydrogens is 376 g/mol. The number of ether oxygens (including phenoxy) is 2. The van der Waals surface area contributed by atoms with Crippen LogP contribution in [-0.2, 0) is 9.53 Å². The molecule has 0 bridgehead atoms. The third-order valence-corrected chi connectivity index (χ3v) is 3.38. The predicted molar refractivity (Wildman–Crippen MR) is 74.1 cm³/mol. The first-order chi connectivity index (χ1) is 9.74. The Morgan fingerprint density at radius 3 is 2.71 bits per heavy atom. The van der Waals surface area contributed by atoms with E-state index in [0.717, 1.165) is 6.08 Å². The van der Waals surface area contributed by atoms with Crippen LogP contribution in [0.2, 0.25) is 0 Å². The standard InChI is InChI=1S/C13H9BrClF3O3/c1-6-2-8(14)3-7-4-9(12(19)20-5-15)11(13(16,17)18)21-10(6)7/h2-4,11H,5H2,1H3/t11-/m0/s1. The first kappa shape index (κ1) is 16.2. The summed E-state index contributed by atoms with van der Waals surface area (Å²) in [5.74, 6) is -1.07. The Kier molecular flexibility index (Phi) is 4.53. The molecule has 0 aromatic heterocycles. The Hall–Kier alpha value is -1.21. The fourth-order valence-corrected chi connectivity index (χ4v) is 2.68. The zero-order valence-corrected chi connectivity index (χ0v) is 13.0. The van der Waals surface area contributed by atoms with Gasteiger partial charge in [-0.2, -0.15) is 13.2 Å². The van der Waals surface area contributed by atoms with Gasteiger partial charge in [-0.15, -0.1) is 0 Å². The minimum atomic E-state index is -4.74. The Morgan fingerprint density at radius 2 is 2.14 bits per heavy atom. The number of esters is 1. The molecule has 114 valence electrons. The van der Waals surface area contributed by atoms with Crippen molar-refractivity contribution in [2.24, 2.45) is 0 Å². The van der Waals surface area contributed by atoms with E-state index in [2.05, 4.69) is 20.7 Å². The highest BCUT2D eigenvalue weighted by Crippen LogP contribution is 2.40. The second-order valence-electron chi connectivity index (χ2n) is 4.32. The Morgan fingerprint density at radius 1 is 1.48 bits per heavy atom. The smallest absolute Gasteiger partial charge is 0.430 e. The first-order valence-corrected chi connectivity index (χ1v) is 7.05. The lowest BCUT2D eigenvalue weighted by atomic mass is 9.99. The highest BCUT2D eigenvalue weighted by atomic mass is 79.9. The summed E-state index contributed by atoms with van der Waals surface area (Å²) in [5, 5.41) is 0. The van der Waals surface area contributed by atoms with Crippen molar-refractivity contribution in [1.29, 1.82) is 0 Å². The lowest BCUT2D eigenvalue weighted by Gasteiger charge is -2.28. The maximum atomic E-state index is 13.1. The number of carbonyl (C=O) groups excluding carboxylic acids is 1. The molecule has 0 saturated heterocycles. The molecule has 21 heavy (non-hydrogen) atoms. The van der Waals surface area contributed by atoms with Crippen LogP contribution in [0.25, 0.3) is 6.08 Å². The van der Waals surface area contributed by atoms with Gasteiger partial charge in [0.2, 0.25) is 6.10 Å². The quantitative estimate of drug-likeness (QED) is 0.565. The van der Waals surface area contributed by atoms with Gasteiger partial charge in [-0.05, 0) is 30.7 Å². The van der Waals surface area contributed by atoms with Crippen molar-refractivity contribution in [2.75, 3.05) is 6.07 Å². The minimum Gasteiger partial charge on any atom is -0.475 e. The number of benzene rings is 1. The average molecular weight is 386 g/mol. The average Bonchev–Trinajstić information content (AvgIpc) is 2.36. The highest BCUT2D eigenvalue weighted by molar-refractivity contribution is 9.10. The topological polar surface area (TPSA) is 35.5 Å². The monoisotopic (exact) mass is 384 g/mol. The van der Waals surface area contributed by atoms with Crippen molar-refractivity contribution >= 4 is 39.6 Å². The number of fused-ring (bicyclic) bond motifs is 1. The van der Waals surface area contributed by atoms with Gasteiger partial charge in [0.1, 0.15) is 5.75 Å². The molecule has 1 aliphatic rings. The lowest BCUT2D eigenvalue weighted by molar-refractivity contribution is -0.187. The Labute approximate surface area is 131 Å². The third kappa shape index (κ3) is 3.35. The van der Waals surface area contributed by atoms with E-state index in [-0.39, 0.29) is 5.75 Å². The van der Waals surface area contributed by atoms with Gasteiger partial charge in [0.05, 0.1) is 5.57 Å². The molecule has 3 nitrogen and oxygen atoms in total. The maximum Gasteiger partial charge on any atom is 0.430 e. The van der Waals surface area contributed by atoms with Crippen molar-refractivity contribution in [2.45, 2.75) is 19.2 Å². The Balaban J connectivity index is 2.55. The largest absolute Gasteiger partial charge is 0.475 e. The van der Waals surface area contributed by atoms with Gasteiger partial charge in [-0.3, -0.25) is 0 Å². The molecule has 0 fully saturated rings. The number of hydrogen-bond donors (Lipinski definition) is 0. The zero-order valence-electron chi connectivity index (χ0n) is 10.6. The number of carbonyl (C=O) groups is 1. The van der Waals surface area contributed by atoms with Gasteiger partial charge in [0, 0.05) is 10.0 Å². The van der Waals surface area contributed by atoms with Crippen LogP contribution >= 0.6 is 27.5 Å². The molecule has 1 heterocycles. The van der Waals surface area contributed by atoms with E-state index in [0.29, 0.717) is 15.6 Å². The SMILES string of the molecule is Cc1cc(Br)cc2c1O[C@H](C(F)(F)F)C(C(=O)OCCl)=C2. The van der Waals surface area contributed by atoms with Crippen molar-refractivity contribution < 1.29 is 27.4 Å². The zero-order chi connectivity index (χ0) is 15.8. The van der Waals surface area contributed by atoms with Crippen molar-refractivity contribution in [3.8, 4) is 5.75 Å². The summed E-state index contributed by atoms with van der Waals surface area (Å²) in [6.45, 7) is 1.62. The molecule has 1 aliphatic heterocycles. The summed E-state index contributed by atoms with van der Waals surface area (Å²) in [4.78, 5) is 11.7. The molecule has 0 N–H and O–H groups in total.